The molecule has 2 heterocycles. The standard InChI is InChI=1S/C32H35F2N5O/c1-21(2)25-7-8-28(14-22(3)13-25)38-31(40)30(37-20-35)29-16-26(6-5-23(29)4)27-15-24(17-36-18-27)19-39-11-9-32(33,34)10-12-39/h5-8,13-18,20-21,35H,3,9-12,19H2,1-2,4H3,(H,38,40). The van der Waals surface area contributed by atoms with Gasteiger partial charge in [0.05, 0.1) is 0 Å². The fraction of sp³-hybridized carbons (Fsp3) is 0.312. The van der Waals surface area contributed by atoms with Crippen LogP contribution < -0.4 is 5.32 Å². The van der Waals surface area contributed by atoms with Crippen LogP contribution in [0.5, 0.6) is 0 Å². The monoisotopic (exact) mass is 543 g/mol. The minimum Gasteiger partial charge on any atom is -0.321 e. The number of nitrogens with zero attached hydrogens (tertiary/aromatic N) is 3. The molecule has 8 heteroatoms. The van der Waals surface area contributed by atoms with Gasteiger partial charge >= 0.3 is 0 Å². The third-order valence-corrected chi connectivity index (χ3v) is 7.10. The predicted molar refractivity (Wildman–Crippen MR) is 157 cm³/mol. The van der Waals surface area contributed by atoms with E-state index in [1.807, 2.05) is 54.3 Å². The number of piperidine rings is 1. The summed E-state index contributed by atoms with van der Waals surface area (Å²) in [6.45, 7) is 11.4. The summed E-state index contributed by atoms with van der Waals surface area (Å²) >= 11 is 0. The molecule has 0 atom stereocenters. The topological polar surface area (TPSA) is 81.4 Å². The molecule has 6 nitrogen and oxygen atoms in total. The number of aliphatic imine (C=N–C) groups is 1. The molecule has 2 aliphatic rings. The van der Waals surface area contributed by atoms with E-state index >= 15 is 0 Å². The highest BCUT2D eigenvalue weighted by Crippen LogP contribution is 2.29. The highest BCUT2D eigenvalue weighted by molar-refractivity contribution is 6.47. The van der Waals surface area contributed by atoms with Crippen molar-refractivity contribution in [1.82, 2.24) is 15.2 Å². The second kappa shape index (κ2) is 12.4. The van der Waals surface area contributed by atoms with Crippen molar-refractivity contribution < 1.29 is 13.6 Å². The molecule has 0 spiro atoms. The van der Waals surface area contributed by atoms with Crippen LogP contribution in [-0.4, -0.2) is 46.9 Å². The van der Waals surface area contributed by atoms with E-state index in [9.17, 15) is 13.6 Å². The number of amides is 1. The number of allylic oxidation sites excluding steroid dienone is 6. The second-order valence-electron chi connectivity index (χ2n) is 10.6. The average Bonchev–Trinajstić information content (AvgIpc) is 3.10. The van der Waals surface area contributed by atoms with E-state index in [-0.39, 0.29) is 18.6 Å². The van der Waals surface area contributed by atoms with Crippen LogP contribution in [0, 0.1) is 18.3 Å². The summed E-state index contributed by atoms with van der Waals surface area (Å²) in [5.74, 6) is -2.70. The summed E-state index contributed by atoms with van der Waals surface area (Å²) in [4.78, 5) is 23.9. The Balaban J connectivity index is 1.56. The Kier molecular flexibility index (Phi) is 9.00. The number of carbonyl (C=O) groups excluding carboxylic acids is 1. The van der Waals surface area contributed by atoms with Crippen molar-refractivity contribution in [3.63, 3.8) is 0 Å². The van der Waals surface area contributed by atoms with Gasteiger partial charge in [-0.15, -0.1) is 0 Å². The molecule has 4 rings (SSSR count). The van der Waals surface area contributed by atoms with E-state index in [4.69, 9.17) is 5.41 Å². The summed E-state index contributed by atoms with van der Waals surface area (Å²) < 4.78 is 27.1. The largest absolute Gasteiger partial charge is 0.321 e. The van der Waals surface area contributed by atoms with Gasteiger partial charge in [-0.2, -0.15) is 0 Å². The molecule has 1 aliphatic carbocycles. The molecular formula is C32H35F2N5O. The van der Waals surface area contributed by atoms with Crippen molar-refractivity contribution in [2.24, 2.45) is 10.9 Å². The molecule has 2 aromatic rings. The van der Waals surface area contributed by atoms with Crippen molar-refractivity contribution in [2.75, 3.05) is 13.1 Å². The number of nitrogens with one attached hydrogen (secondary N) is 2. The molecule has 1 fully saturated rings. The van der Waals surface area contributed by atoms with Gasteiger partial charge in [0.1, 0.15) is 12.1 Å². The lowest BCUT2D eigenvalue weighted by Gasteiger charge is -2.31. The molecule has 0 bridgehead atoms. The minimum atomic E-state index is -2.58. The summed E-state index contributed by atoms with van der Waals surface area (Å²) in [6, 6.07) is 7.71. The van der Waals surface area contributed by atoms with Crippen LogP contribution in [0.3, 0.4) is 0 Å². The van der Waals surface area contributed by atoms with E-state index in [0.29, 0.717) is 36.8 Å². The second-order valence-corrected chi connectivity index (χ2v) is 10.6. The van der Waals surface area contributed by atoms with Crippen LogP contribution in [0.15, 0.2) is 89.4 Å². The van der Waals surface area contributed by atoms with Crippen molar-refractivity contribution in [3.8, 4) is 11.1 Å². The smallest absolute Gasteiger partial charge is 0.274 e. The van der Waals surface area contributed by atoms with Gasteiger partial charge in [-0.05, 0) is 65.0 Å². The van der Waals surface area contributed by atoms with Crippen LogP contribution >= 0.6 is 0 Å². The Morgan fingerprint density at radius 3 is 2.62 bits per heavy atom. The van der Waals surface area contributed by atoms with Gasteiger partial charge < -0.3 is 5.32 Å². The van der Waals surface area contributed by atoms with Crippen LogP contribution in [0.1, 0.15) is 43.4 Å². The molecule has 1 saturated heterocycles. The van der Waals surface area contributed by atoms with Gasteiger partial charge in [-0.3, -0.25) is 20.1 Å². The Morgan fingerprint density at radius 1 is 1.18 bits per heavy atom. The fourth-order valence-corrected chi connectivity index (χ4v) is 4.76. The number of pyridine rings is 1. The van der Waals surface area contributed by atoms with E-state index < -0.39 is 11.8 Å². The van der Waals surface area contributed by atoms with E-state index in [2.05, 4.69) is 35.7 Å². The zero-order valence-electron chi connectivity index (χ0n) is 23.2. The molecule has 1 aliphatic heterocycles. The minimum absolute atomic E-state index is 0.119. The molecule has 2 N–H and O–H groups in total. The third-order valence-electron chi connectivity index (χ3n) is 7.10. The van der Waals surface area contributed by atoms with Crippen LogP contribution in [0.25, 0.3) is 11.1 Å². The SMILES string of the molecule is C=C1C=C(NC(=O)C(=NC=N)c2cc(-c3cncc(CN4CCC(F)(F)CC4)c3)ccc2C)C=CC(C(C)C)=C1. The van der Waals surface area contributed by atoms with Crippen molar-refractivity contribution in [3.05, 3.63) is 101 Å². The maximum atomic E-state index is 13.6. The summed E-state index contributed by atoms with van der Waals surface area (Å²) in [5.41, 5.74) is 6.62. The van der Waals surface area contributed by atoms with Gasteiger partial charge in [0, 0.05) is 61.7 Å². The van der Waals surface area contributed by atoms with Gasteiger partial charge in [0.2, 0.25) is 0 Å². The number of benzene rings is 1. The molecule has 0 radical (unpaired) electrons. The normalized spacial score (nSPS) is 17.8. The Labute approximate surface area is 234 Å². The first-order chi connectivity index (χ1) is 19.0. The highest BCUT2D eigenvalue weighted by atomic mass is 19.3. The lowest BCUT2D eigenvalue weighted by molar-refractivity contribution is -0.114. The van der Waals surface area contributed by atoms with E-state index in [1.165, 1.54) is 0 Å². The number of hydrogen-bond donors (Lipinski definition) is 2. The first-order valence-electron chi connectivity index (χ1n) is 13.4. The number of hydrogen-bond acceptors (Lipinski definition) is 4. The maximum Gasteiger partial charge on any atom is 0.274 e. The van der Waals surface area contributed by atoms with Crippen LogP contribution in [-0.2, 0) is 11.3 Å². The number of halogens is 2. The van der Waals surface area contributed by atoms with Gasteiger partial charge in [-0.1, -0.05) is 44.7 Å². The zero-order chi connectivity index (χ0) is 28.9. The first-order valence-corrected chi connectivity index (χ1v) is 13.4. The van der Waals surface area contributed by atoms with Crippen LogP contribution in [0.2, 0.25) is 0 Å². The third kappa shape index (κ3) is 7.33. The molecular weight excluding hydrogens is 508 g/mol. The van der Waals surface area contributed by atoms with E-state index in [0.717, 1.165) is 39.7 Å². The summed E-state index contributed by atoms with van der Waals surface area (Å²) in [5, 5.41) is 10.5. The van der Waals surface area contributed by atoms with Gasteiger partial charge in [0.25, 0.3) is 11.8 Å². The highest BCUT2D eigenvalue weighted by Gasteiger charge is 2.33. The first kappa shape index (κ1) is 29.0. The molecule has 0 saturated carbocycles. The number of carbonyl (C=O) groups is 1. The van der Waals surface area contributed by atoms with Crippen molar-refractivity contribution in [1.29, 1.82) is 5.41 Å². The summed E-state index contributed by atoms with van der Waals surface area (Å²) in [6.07, 6.45) is 11.7. The zero-order valence-corrected chi connectivity index (χ0v) is 23.2. The lowest BCUT2D eigenvalue weighted by atomic mass is 9.96. The summed E-state index contributed by atoms with van der Waals surface area (Å²) in [7, 11) is 0. The Bertz CT molecular complexity index is 1420. The van der Waals surface area contributed by atoms with Crippen molar-refractivity contribution in [2.45, 2.75) is 46.1 Å². The Morgan fingerprint density at radius 2 is 1.93 bits per heavy atom. The van der Waals surface area contributed by atoms with Crippen molar-refractivity contribution >= 4 is 18.0 Å². The number of aryl methyl sites for hydroxylation is 1. The predicted octanol–water partition coefficient (Wildman–Crippen LogP) is 6.39. The molecule has 40 heavy (non-hydrogen) atoms. The number of likely N-dealkylation sites (tertiary alicyclic amines) is 1. The molecule has 1 aromatic heterocycles. The molecule has 0 unspecified atom stereocenters. The number of rotatable bonds is 8. The fourth-order valence-electron chi connectivity index (χ4n) is 4.76. The maximum absolute atomic E-state index is 13.6. The molecule has 1 aromatic carbocycles. The van der Waals surface area contributed by atoms with Gasteiger partial charge in [-0.25, -0.2) is 13.8 Å². The number of alkyl halides is 2. The molecule has 1 amide bonds. The average molecular weight is 544 g/mol. The Hall–Kier alpha value is -4.04. The van der Waals surface area contributed by atoms with Crippen LogP contribution in [0.4, 0.5) is 8.78 Å². The number of aromatic nitrogens is 1. The molecule has 208 valence electrons. The quantitative estimate of drug-likeness (QED) is 0.299. The van der Waals surface area contributed by atoms with E-state index in [1.54, 1.807) is 18.5 Å². The van der Waals surface area contributed by atoms with Gasteiger partial charge in [0.15, 0.2) is 0 Å². The lowest BCUT2D eigenvalue weighted by Crippen LogP contribution is -2.38.